The topological polar surface area (TPSA) is 57.7 Å². The molecule has 0 spiro atoms. The second-order valence-corrected chi connectivity index (χ2v) is 6.42. The molecule has 5 nitrogen and oxygen atoms in total. The van der Waals surface area contributed by atoms with Crippen molar-refractivity contribution in [3.63, 3.8) is 0 Å². The minimum atomic E-state index is -3.23. The molecule has 6 heteroatoms. The van der Waals surface area contributed by atoms with Gasteiger partial charge in [-0.15, -0.1) is 0 Å². The first kappa shape index (κ1) is 13.4. The molecule has 0 aromatic carbocycles. The molecule has 0 atom stereocenters. The fraction of sp³-hybridized carbons (Fsp3) is 0.900. The number of rotatable bonds is 4. The summed E-state index contributed by atoms with van der Waals surface area (Å²) in [5, 5.41) is 0. The first-order valence-electron chi connectivity index (χ1n) is 5.65. The molecule has 0 unspecified atom stereocenters. The molecule has 0 aromatic heterocycles. The van der Waals surface area contributed by atoms with Crippen LogP contribution in [0.5, 0.6) is 0 Å². The van der Waals surface area contributed by atoms with E-state index in [0.717, 1.165) is 0 Å². The van der Waals surface area contributed by atoms with E-state index in [2.05, 4.69) is 0 Å². The number of hydrogen-bond acceptors (Lipinski definition) is 3. The second kappa shape index (κ2) is 5.14. The highest BCUT2D eigenvalue weighted by Crippen LogP contribution is 2.12. The predicted octanol–water partition coefficient (Wildman–Crippen LogP) is 0.279. The van der Waals surface area contributed by atoms with Crippen molar-refractivity contribution in [3.8, 4) is 0 Å². The van der Waals surface area contributed by atoms with E-state index in [1.54, 1.807) is 4.90 Å². The summed E-state index contributed by atoms with van der Waals surface area (Å²) < 4.78 is 24.8. The maximum atomic E-state index is 11.8. The van der Waals surface area contributed by atoms with Gasteiger partial charge >= 0.3 is 0 Å². The third kappa shape index (κ3) is 2.95. The molecule has 0 radical (unpaired) electrons. The van der Waals surface area contributed by atoms with Crippen LogP contribution in [0.15, 0.2) is 0 Å². The van der Waals surface area contributed by atoms with Crippen LogP contribution in [0.2, 0.25) is 0 Å². The summed E-state index contributed by atoms with van der Waals surface area (Å²) >= 11 is 0. The lowest BCUT2D eigenvalue weighted by atomic mass is 10.2. The van der Waals surface area contributed by atoms with Crippen molar-refractivity contribution in [2.75, 3.05) is 25.4 Å². The quantitative estimate of drug-likeness (QED) is 0.718. The molecule has 0 bridgehead atoms. The summed E-state index contributed by atoms with van der Waals surface area (Å²) in [6.45, 7) is 6.62. The molecular formula is C10H20N2O3S. The first-order chi connectivity index (χ1) is 7.38. The molecule has 1 aliphatic rings. The lowest BCUT2D eigenvalue weighted by Crippen LogP contribution is -2.54. The van der Waals surface area contributed by atoms with Crippen LogP contribution in [-0.4, -0.2) is 55.0 Å². The van der Waals surface area contributed by atoms with Gasteiger partial charge in [0.1, 0.15) is 0 Å². The molecule has 0 aromatic rings. The highest BCUT2D eigenvalue weighted by Gasteiger charge is 2.31. The zero-order chi connectivity index (χ0) is 12.3. The number of piperazine rings is 1. The van der Waals surface area contributed by atoms with Crippen LogP contribution >= 0.6 is 0 Å². The van der Waals surface area contributed by atoms with Crippen LogP contribution in [0.25, 0.3) is 0 Å². The van der Waals surface area contributed by atoms with Gasteiger partial charge in [0.25, 0.3) is 0 Å². The zero-order valence-electron chi connectivity index (χ0n) is 10.1. The molecule has 0 aliphatic carbocycles. The first-order valence-corrected chi connectivity index (χ1v) is 7.26. The van der Waals surface area contributed by atoms with Crippen LogP contribution < -0.4 is 0 Å². The van der Waals surface area contributed by atoms with Crippen molar-refractivity contribution < 1.29 is 13.2 Å². The summed E-state index contributed by atoms with van der Waals surface area (Å²) in [6.07, 6.45) is 0.584. The Hall–Kier alpha value is -0.620. The molecule has 0 N–H and O–H groups in total. The van der Waals surface area contributed by atoms with Gasteiger partial charge in [-0.2, -0.15) is 4.31 Å². The molecule has 1 rings (SSSR count). The normalized spacial score (nSPS) is 19.5. The molecule has 1 aliphatic heterocycles. The van der Waals surface area contributed by atoms with Crippen molar-refractivity contribution in [1.29, 1.82) is 0 Å². The van der Waals surface area contributed by atoms with E-state index >= 15 is 0 Å². The Bertz CT molecular complexity index is 351. The maximum Gasteiger partial charge on any atom is 0.238 e. The van der Waals surface area contributed by atoms with Crippen LogP contribution in [0, 0.1) is 0 Å². The second-order valence-electron chi connectivity index (χ2n) is 4.33. The Morgan fingerprint density at radius 1 is 1.31 bits per heavy atom. The van der Waals surface area contributed by atoms with Crippen LogP contribution in [0.1, 0.15) is 27.2 Å². The lowest BCUT2D eigenvalue weighted by molar-refractivity contribution is -0.135. The van der Waals surface area contributed by atoms with Crippen LogP contribution in [0.3, 0.4) is 0 Å². The van der Waals surface area contributed by atoms with Crippen LogP contribution in [-0.2, 0) is 14.8 Å². The number of carbonyl (C=O) groups is 1. The molecule has 1 amide bonds. The number of sulfonamides is 1. The SMILES string of the molecule is CCCS(=O)(=O)N1CCN(C(C)C)C(=O)C1. The largest absolute Gasteiger partial charge is 0.338 e. The Balaban J connectivity index is 2.68. The maximum absolute atomic E-state index is 11.8. The summed E-state index contributed by atoms with van der Waals surface area (Å²) in [4.78, 5) is 13.4. The Labute approximate surface area is 97.5 Å². The fourth-order valence-corrected chi connectivity index (χ4v) is 3.28. The van der Waals surface area contributed by atoms with Gasteiger partial charge in [-0.05, 0) is 20.3 Å². The van der Waals surface area contributed by atoms with Crippen LogP contribution in [0.4, 0.5) is 0 Å². The lowest BCUT2D eigenvalue weighted by Gasteiger charge is -2.35. The highest BCUT2D eigenvalue weighted by molar-refractivity contribution is 7.89. The van der Waals surface area contributed by atoms with E-state index in [1.807, 2.05) is 20.8 Å². The molecule has 1 heterocycles. The van der Waals surface area contributed by atoms with E-state index in [1.165, 1.54) is 4.31 Å². The standard InChI is InChI=1S/C10H20N2O3S/c1-4-7-16(14,15)11-5-6-12(9(2)3)10(13)8-11/h9H,4-8H2,1-3H3. The number of nitrogens with zero attached hydrogens (tertiary/aromatic N) is 2. The van der Waals surface area contributed by atoms with E-state index in [9.17, 15) is 13.2 Å². The van der Waals surface area contributed by atoms with Gasteiger partial charge in [0.15, 0.2) is 0 Å². The molecule has 1 fully saturated rings. The molecule has 16 heavy (non-hydrogen) atoms. The number of hydrogen-bond donors (Lipinski definition) is 0. The molecule has 94 valence electrons. The number of amides is 1. The third-order valence-corrected chi connectivity index (χ3v) is 4.72. The van der Waals surface area contributed by atoms with Gasteiger partial charge in [-0.1, -0.05) is 6.92 Å². The Morgan fingerprint density at radius 3 is 2.38 bits per heavy atom. The van der Waals surface area contributed by atoms with Gasteiger partial charge in [0, 0.05) is 19.1 Å². The highest BCUT2D eigenvalue weighted by atomic mass is 32.2. The smallest absolute Gasteiger partial charge is 0.238 e. The minimum Gasteiger partial charge on any atom is -0.338 e. The van der Waals surface area contributed by atoms with Gasteiger partial charge in [-0.3, -0.25) is 4.79 Å². The van der Waals surface area contributed by atoms with Crippen molar-refractivity contribution >= 4 is 15.9 Å². The van der Waals surface area contributed by atoms with Crippen molar-refractivity contribution in [3.05, 3.63) is 0 Å². The summed E-state index contributed by atoms with van der Waals surface area (Å²) in [5.74, 6) is 0.0306. The van der Waals surface area contributed by atoms with E-state index in [4.69, 9.17) is 0 Å². The third-order valence-electron chi connectivity index (χ3n) is 2.70. The van der Waals surface area contributed by atoms with Gasteiger partial charge < -0.3 is 4.90 Å². The van der Waals surface area contributed by atoms with Gasteiger partial charge in [0.05, 0.1) is 12.3 Å². The monoisotopic (exact) mass is 248 g/mol. The summed E-state index contributed by atoms with van der Waals surface area (Å²) in [6, 6.07) is 0.142. The zero-order valence-corrected chi connectivity index (χ0v) is 11.0. The van der Waals surface area contributed by atoms with Crippen molar-refractivity contribution in [1.82, 2.24) is 9.21 Å². The van der Waals surface area contributed by atoms with Gasteiger partial charge in [-0.25, -0.2) is 8.42 Å². The van der Waals surface area contributed by atoms with E-state index in [0.29, 0.717) is 19.5 Å². The molecule has 0 saturated carbocycles. The molecular weight excluding hydrogens is 228 g/mol. The van der Waals surface area contributed by atoms with Crippen molar-refractivity contribution in [2.45, 2.75) is 33.2 Å². The summed E-state index contributed by atoms with van der Waals surface area (Å²) in [5.41, 5.74) is 0. The average molecular weight is 248 g/mol. The average Bonchev–Trinajstić information content (AvgIpc) is 2.16. The number of carbonyl (C=O) groups excluding carboxylic acids is 1. The Kier molecular flexibility index (Phi) is 4.32. The minimum absolute atomic E-state index is 0.000509. The van der Waals surface area contributed by atoms with Crippen molar-refractivity contribution in [2.24, 2.45) is 0 Å². The predicted molar refractivity (Wildman–Crippen MR) is 62.5 cm³/mol. The molecule has 1 saturated heterocycles. The van der Waals surface area contributed by atoms with Gasteiger partial charge in [0.2, 0.25) is 15.9 Å². The van der Waals surface area contributed by atoms with E-state index in [-0.39, 0.29) is 24.2 Å². The fourth-order valence-electron chi connectivity index (χ4n) is 1.84. The van der Waals surface area contributed by atoms with E-state index < -0.39 is 10.0 Å². The summed E-state index contributed by atoms with van der Waals surface area (Å²) in [7, 11) is -3.23. The Morgan fingerprint density at radius 2 is 1.94 bits per heavy atom.